The summed E-state index contributed by atoms with van der Waals surface area (Å²) in [7, 11) is 0. The van der Waals surface area contributed by atoms with Crippen LogP contribution in [0, 0.1) is 0 Å². The Kier molecular flexibility index (Phi) is 8.38. The SMILES string of the molecule is CC(C)(C)OC(=O)Nc1ccc(-c2c3ccc(cc4nc(c(C(CCO)CCO)c5nc(cc6ccc2[nH]6)C=C5)C=C4)[nH]3)cc1. The zero-order valence-corrected chi connectivity index (χ0v) is 25.6. The van der Waals surface area contributed by atoms with E-state index in [1.54, 1.807) is 0 Å². The predicted octanol–water partition coefficient (Wildman–Crippen LogP) is 7.52. The van der Waals surface area contributed by atoms with Crippen molar-refractivity contribution in [2.45, 2.75) is 45.1 Å². The third-order valence-corrected chi connectivity index (χ3v) is 7.62. The summed E-state index contributed by atoms with van der Waals surface area (Å²) in [6.07, 6.45) is 8.40. The molecule has 4 aromatic rings. The van der Waals surface area contributed by atoms with Crippen molar-refractivity contribution in [1.82, 2.24) is 19.9 Å². The van der Waals surface area contributed by atoms with Crippen molar-refractivity contribution >= 4 is 58.2 Å². The van der Waals surface area contributed by atoms with Crippen LogP contribution < -0.4 is 5.32 Å². The van der Waals surface area contributed by atoms with Gasteiger partial charge in [0.1, 0.15) is 5.60 Å². The van der Waals surface area contributed by atoms with Gasteiger partial charge in [0.2, 0.25) is 0 Å². The number of carbonyl (C=O) groups is 1. The maximum atomic E-state index is 12.3. The van der Waals surface area contributed by atoms with Crippen molar-refractivity contribution in [1.29, 1.82) is 0 Å². The summed E-state index contributed by atoms with van der Waals surface area (Å²) in [5.74, 6) is -0.0959. The Morgan fingerprint density at radius 3 is 1.82 bits per heavy atom. The van der Waals surface area contributed by atoms with Gasteiger partial charge in [-0.1, -0.05) is 12.1 Å². The molecule has 45 heavy (non-hydrogen) atoms. The molecule has 6 rings (SSSR count). The van der Waals surface area contributed by atoms with Crippen molar-refractivity contribution in [2.75, 3.05) is 18.5 Å². The minimum atomic E-state index is -0.587. The van der Waals surface area contributed by atoms with Crippen LogP contribution >= 0.6 is 0 Å². The van der Waals surface area contributed by atoms with E-state index in [2.05, 4.69) is 15.3 Å². The molecule has 0 unspecified atom stereocenters. The number of aromatic nitrogens is 4. The predicted molar refractivity (Wildman–Crippen MR) is 180 cm³/mol. The number of ether oxygens (including phenoxy) is 1. The first kappa shape index (κ1) is 30.1. The second kappa shape index (κ2) is 12.6. The van der Waals surface area contributed by atoms with E-state index in [1.165, 1.54) is 0 Å². The smallest absolute Gasteiger partial charge is 0.412 e. The van der Waals surface area contributed by atoms with Crippen molar-refractivity contribution in [3.05, 3.63) is 89.0 Å². The summed E-state index contributed by atoms with van der Waals surface area (Å²) in [5, 5.41) is 22.4. The van der Waals surface area contributed by atoms with Crippen LogP contribution in [0.15, 0.2) is 60.7 Å². The monoisotopic (exact) mass is 603 g/mol. The Labute approximate surface area is 261 Å². The second-order valence-electron chi connectivity index (χ2n) is 12.2. The molecule has 8 bridgehead atoms. The van der Waals surface area contributed by atoms with Gasteiger partial charge in [-0.25, -0.2) is 14.8 Å². The zero-order valence-electron chi connectivity index (χ0n) is 25.6. The number of aliphatic hydroxyl groups excluding tert-OH is 2. The van der Waals surface area contributed by atoms with Gasteiger partial charge in [0.15, 0.2) is 0 Å². The summed E-state index contributed by atoms with van der Waals surface area (Å²) < 4.78 is 5.40. The van der Waals surface area contributed by atoms with Crippen molar-refractivity contribution in [3.63, 3.8) is 0 Å². The summed E-state index contributed by atoms with van der Waals surface area (Å²) >= 11 is 0. The largest absolute Gasteiger partial charge is 0.444 e. The van der Waals surface area contributed by atoms with Crippen LogP contribution in [-0.2, 0) is 4.74 Å². The number of benzene rings is 1. The number of nitrogens with one attached hydrogen (secondary N) is 3. The van der Waals surface area contributed by atoms with Gasteiger partial charge in [0, 0.05) is 52.1 Å². The van der Waals surface area contributed by atoms with Crippen molar-refractivity contribution in [2.24, 2.45) is 0 Å². The van der Waals surface area contributed by atoms with Gasteiger partial charge >= 0.3 is 6.09 Å². The first-order valence-electron chi connectivity index (χ1n) is 15.1. The maximum Gasteiger partial charge on any atom is 0.412 e. The maximum absolute atomic E-state index is 12.3. The molecule has 230 valence electrons. The van der Waals surface area contributed by atoms with Crippen molar-refractivity contribution in [3.8, 4) is 11.1 Å². The van der Waals surface area contributed by atoms with Gasteiger partial charge in [0.05, 0.1) is 22.8 Å². The molecular formula is C36H37N5O4. The minimum absolute atomic E-state index is 0.00582. The number of H-pyrrole nitrogens is 2. The molecule has 1 aromatic carbocycles. The Bertz CT molecular complexity index is 1840. The molecule has 0 saturated carbocycles. The molecule has 5 N–H and O–H groups in total. The zero-order chi connectivity index (χ0) is 31.6. The Morgan fingerprint density at radius 2 is 1.33 bits per heavy atom. The lowest BCUT2D eigenvalue weighted by molar-refractivity contribution is 0.0636. The number of amides is 1. The first-order chi connectivity index (χ1) is 21.7. The number of carbonyl (C=O) groups excluding carboxylic acids is 1. The van der Waals surface area contributed by atoms with E-state index < -0.39 is 11.7 Å². The van der Waals surface area contributed by atoms with E-state index >= 15 is 0 Å². The topological polar surface area (TPSA) is 136 Å². The van der Waals surface area contributed by atoms with Crippen molar-refractivity contribution < 1.29 is 19.7 Å². The molecule has 0 aliphatic carbocycles. The third kappa shape index (κ3) is 6.90. The summed E-state index contributed by atoms with van der Waals surface area (Å²) in [5.41, 5.74) is 9.62. The van der Waals surface area contributed by atoms with Crippen LogP contribution in [0.5, 0.6) is 0 Å². The molecule has 5 heterocycles. The molecule has 1 amide bonds. The lowest BCUT2D eigenvalue weighted by Gasteiger charge is -2.19. The first-order valence-corrected chi connectivity index (χ1v) is 15.1. The second-order valence-corrected chi connectivity index (χ2v) is 12.2. The van der Waals surface area contributed by atoms with E-state index in [0.717, 1.165) is 61.5 Å². The average molecular weight is 604 g/mol. The summed E-state index contributed by atoms with van der Waals surface area (Å²) in [6, 6.07) is 19.8. The molecule has 3 aromatic heterocycles. The third-order valence-electron chi connectivity index (χ3n) is 7.62. The summed E-state index contributed by atoms with van der Waals surface area (Å²) in [4.78, 5) is 29.3. The highest BCUT2D eigenvalue weighted by molar-refractivity contribution is 5.94. The quantitative estimate of drug-likeness (QED) is 0.128. The fourth-order valence-corrected chi connectivity index (χ4v) is 5.71. The standard InChI is InChI=1S/C36H37N5O4/c1-36(2,3)45-35(44)41-24-6-4-22(5-7-24)33-29-12-8-25(37-29)20-27-10-14-31(39-27)34(23(16-18-42)17-19-43)32-15-11-28(40-32)21-26-9-13-30(33)38-26/h4-15,20-21,23,37-38,42-43H,16-19H2,1-3H3,(H,41,44). The van der Waals surface area contributed by atoms with Crippen LogP contribution in [0.25, 0.3) is 57.5 Å². The van der Waals surface area contributed by atoms with Crippen LogP contribution in [0.2, 0.25) is 0 Å². The van der Waals surface area contributed by atoms with Gasteiger partial charge < -0.3 is 24.9 Å². The van der Waals surface area contributed by atoms with E-state index in [1.807, 2.05) is 106 Å². The van der Waals surface area contributed by atoms with Gasteiger partial charge in [-0.05, 0) is 118 Å². The number of hydrogen-bond donors (Lipinski definition) is 5. The number of hydrogen-bond acceptors (Lipinski definition) is 6. The van der Waals surface area contributed by atoms with Gasteiger partial charge in [-0.15, -0.1) is 0 Å². The number of anilines is 1. The van der Waals surface area contributed by atoms with Crippen LogP contribution in [0.4, 0.5) is 10.5 Å². The highest BCUT2D eigenvalue weighted by Gasteiger charge is 2.21. The van der Waals surface area contributed by atoms with Gasteiger partial charge in [-0.3, -0.25) is 5.32 Å². The lowest BCUT2D eigenvalue weighted by atomic mass is 9.90. The van der Waals surface area contributed by atoms with E-state index in [9.17, 15) is 15.0 Å². The van der Waals surface area contributed by atoms with Gasteiger partial charge in [0.25, 0.3) is 0 Å². The molecule has 0 atom stereocenters. The molecule has 2 aliphatic rings. The molecule has 9 nitrogen and oxygen atoms in total. The fourth-order valence-electron chi connectivity index (χ4n) is 5.71. The molecular weight excluding hydrogens is 566 g/mol. The Hall–Kier alpha value is -4.99. The fraction of sp³-hybridized carbons (Fsp3) is 0.250. The van der Waals surface area contributed by atoms with E-state index in [0.29, 0.717) is 18.5 Å². The Balaban J connectivity index is 1.51. The normalized spacial score (nSPS) is 12.6. The molecule has 0 spiro atoms. The average Bonchev–Trinajstić information content (AvgIpc) is 3.80. The van der Waals surface area contributed by atoms with Crippen LogP contribution in [0.1, 0.15) is 67.9 Å². The number of aliphatic hydroxyl groups is 2. The van der Waals surface area contributed by atoms with Gasteiger partial charge in [-0.2, -0.15) is 0 Å². The Morgan fingerprint density at radius 1 is 0.800 bits per heavy atom. The summed E-state index contributed by atoms with van der Waals surface area (Å²) in [6.45, 7) is 5.50. The highest BCUT2D eigenvalue weighted by Crippen LogP contribution is 2.33. The number of rotatable bonds is 7. The molecule has 0 fully saturated rings. The molecule has 2 aliphatic heterocycles. The molecule has 9 heteroatoms. The van der Waals surface area contributed by atoms with E-state index in [-0.39, 0.29) is 19.1 Å². The number of aromatic amines is 2. The van der Waals surface area contributed by atoms with E-state index in [4.69, 9.17) is 14.7 Å². The molecule has 0 radical (unpaired) electrons. The number of nitrogens with zero attached hydrogens (tertiary/aromatic N) is 2. The molecule has 0 saturated heterocycles. The van der Waals surface area contributed by atoms with Crippen LogP contribution in [-0.4, -0.2) is 55.1 Å². The van der Waals surface area contributed by atoms with Crippen LogP contribution in [0.3, 0.4) is 0 Å². The number of fused-ring (bicyclic) bond motifs is 8. The lowest BCUT2D eigenvalue weighted by Crippen LogP contribution is -2.27. The highest BCUT2D eigenvalue weighted by atomic mass is 16.6. The minimum Gasteiger partial charge on any atom is -0.444 e.